The molecule has 0 saturated carbocycles. The van der Waals surface area contributed by atoms with E-state index >= 15 is 0 Å². The van der Waals surface area contributed by atoms with Crippen LogP contribution in [0.5, 0.6) is 5.75 Å². The molecule has 104 valence electrons. The van der Waals surface area contributed by atoms with Gasteiger partial charge < -0.3 is 9.47 Å². The number of carbonyl (C=O) groups excluding carboxylic acids is 1. The van der Waals surface area contributed by atoms with E-state index in [4.69, 9.17) is 9.47 Å². The smallest absolute Gasteiger partial charge is 0.412 e. The number of ether oxygens (including phenoxy) is 2. The second-order valence-electron chi connectivity index (χ2n) is 4.77. The third-order valence-corrected chi connectivity index (χ3v) is 2.02. The minimum Gasteiger partial charge on any atom is -0.490 e. The van der Waals surface area contributed by atoms with Gasteiger partial charge in [0, 0.05) is 6.07 Å². The molecular formula is C12H16N2O5. The minimum absolute atomic E-state index is 0.125. The summed E-state index contributed by atoms with van der Waals surface area (Å²) in [6.07, 6.45) is -0.674. The highest BCUT2D eigenvalue weighted by Crippen LogP contribution is 2.29. The second-order valence-corrected chi connectivity index (χ2v) is 4.77. The van der Waals surface area contributed by atoms with E-state index in [2.05, 4.69) is 5.32 Å². The highest BCUT2D eigenvalue weighted by Gasteiger charge is 2.19. The van der Waals surface area contributed by atoms with Crippen LogP contribution in [-0.2, 0) is 4.74 Å². The molecule has 0 aliphatic rings. The van der Waals surface area contributed by atoms with Crippen LogP contribution in [0.4, 0.5) is 16.2 Å². The average Bonchev–Trinajstić information content (AvgIpc) is 2.26. The number of nitrogens with one attached hydrogen (secondary N) is 1. The van der Waals surface area contributed by atoms with Crippen molar-refractivity contribution in [1.29, 1.82) is 0 Å². The van der Waals surface area contributed by atoms with Gasteiger partial charge in [0.1, 0.15) is 5.60 Å². The Morgan fingerprint density at radius 1 is 1.37 bits per heavy atom. The van der Waals surface area contributed by atoms with Crippen molar-refractivity contribution in [2.24, 2.45) is 0 Å². The standard InChI is InChI=1S/C12H16N2O5/c1-12(2,3)19-11(15)13-8-5-6-10(18-4)9(7-8)14(16)17/h5-7H,1-4H3,(H,13,15). The quantitative estimate of drug-likeness (QED) is 0.672. The molecule has 0 radical (unpaired) electrons. The maximum absolute atomic E-state index is 11.5. The van der Waals surface area contributed by atoms with Gasteiger partial charge in [-0.25, -0.2) is 4.79 Å². The Hall–Kier alpha value is -2.31. The molecule has 0 bridgehead atoms. The summed E-state index contributed by atoms with van der Waals surface area (Å²) in [4.78, 5) is 21.8. The van der Waals surface area contributed by atoms with Gasteiger partial charge in [0.05, 0.1) is 17.7 Å². The van der Waals surface area contributed by atoms with Gasteiger partial charge in [0.15, 0.2) is 5.75 Å². The number of hydrogen-bond donors (Lipinski definition) is 1. The van der Waals surface area contributed by atoms with Crippen LogP contribution in [-0.4, -0.2) is 23.7 Å². The van der Waals surface area contributed by atoms with Crippen LogP contribution in [0.2, 0.25) is 0 Å². The van der Waals surface area contributed by atoms with Crippen LogP contribution < -0.4 is 10.1 Å². The number of nitro groups is 1. The molecule has 0 fully saturated rings. The third kappa shape index (κ3) is 4.46. The Labute approximate surface area is 110 Å². The van der Waals surface area contributed by atoms with Gasteiger partial charge in [-0.15, -0.1) is 0 Å². The van der Waals surface area contributed by atoms with Crippen molar-refractivity contribution in [3.8, 4) is 5.75 Å². The van der Waals surface area contributed by atoms with Crippen molar-refractivity contribution in [3.63, 3.8) is 0 Å². The van der Waals surface area contributed by atoms with E-state index in [1.54, 1.807) is 20.8 Å². The SMILES string of the molecule is COc1ccc(NC(=O)OC(C)(C)C)cc1[N+](=O)[O-]. The topological polar surface area (TPSA) is 90.7 Å². The Kier molecular flexibility index (Phi) is 4.31. The molecule has 1 aromatic rings. The summed E-state index contributed by atoms with van der Waals surface area (Å²) in [6.45, 7) is 5.18. The third-order valence-electron chi connectivity index (χ3n) is 2.02. The Bertz CT molecular complexity index is 493. The first-order chi connectivity index (χ1) is 8.73. The van der Waals surface area contributed by atoms with Gasteiger partial charge in [-0.2, -0.15) is 0 Å². The summed E-state index contributed by atoms with van der Waals surface area (Å²) in [5.74, 6) is 0.125. The Morgan fingerprint density at radius 3 is 2.47 bits per heavy atom. The van der Waals surface area contributed by atoms with E-state index in [0.29, 0.717) is 0 Å². The lowest BCUT2D eigenvalue weighted by molar-refractivity contribution is -0.385. The summed E-state index contributed by atoms with van der Waals surface area (Å²) in [7, 11) is 1.34. The molecule has 7 nitrogen and oxygen atoms in total. The maximum atomic E-state index is 11.5. The number of nitrogens with zero attached hydrogens (tertiary/aromatic N) is 1. The number of methoxy groups -OCH3 is 1. The van der Waals surface area contributed by atoms with E-state index in [1.165, 1.54) is 25.3 Å². The molecule has 0 atom stereocenters. The first-order valence-corrected chi connectivity index (χ1v) is 5.55. The monoisotopic (exact) mass is 268 g/mol. The van der Waals surface area contributed by atoms with E-state index < -0.39 is 16.6 Å². The van der Waals surface area contributed by atoms with Crippen molar-refractivity contribution in [1.82, 2.24) is 0 Å². The van der Waals surface area contributed by atoms with Crippen LogP contribution in [0.3, 0.4) is 0 Å². The van der Waals surface area contributed by atoms with Crippen molar-refractivity contribution in [2.45, 2.75) is 26.4 Å². The fourth-order valence-corrected chi connectivity index (χ4v) is 1.33. The van der Waals surface area contributed by atoms with Gasteiger partial charge in [0.2, 0.25) is 0 Å². The fourth-order valence-electron chi connectivity index (χ4n) is 1.33. The van der Waals surface area contributed by atoms with Gasteiger partial charge in [-0.05, 0) is 32.9 Å². The average molecular weight is 268 g/mol. The molecule has 0 aliphatic carbocycles. The molecule has 0 saturated heterocycles. The molecule has 19 heavy (non-hydrogen) atoms. The van der Waals surface area contributed by atoms with E-state index in [9.17, 15) is 14.9 Å². The molecule has 0 aromatic heterocycles. The van der Waals surface area contributed by atoms with Gasteiger partial charge in [0.25, 0.3) is 0 Å². The number of hydrogen-bond acceptors (Lipinski definition) is 5. The molecule has 1 amide bonds. The van der Waals surface area contributed by atoms with Crippen molar-refractivity contribution in [3.05, 3.63) is 28.3 Å². The zero-order valence-corrected chi connectivity index (χ0v) is 11.2. The first kappa shape index (κ1) is 14.7. The van der Waals surface area contributed by atoms with Gasteiger partial charge in [-0.3, -0.25) is 15.4 Å². The van der Waals surface area contributed by atoms with E-state index in [1.807, 2.05) is 0 Å². The van der Waals surface area contributed by atoms with Crippen LogP contribution in [0, 0.1) is 10.1 Å². The lowest BCUT2D eigenvalue weighted by Crippen LogP contribution is -2.27. The second kappa shape index (κ2) is 5.55. The van der Waals surface area contributed by atoms with E-state index in [0.717, 1.165) is 0 Å². The largest absolute Gasteiger partial charge is 0.490 e. The number of carbonyl (C=O) groups is 1. The normalized spacial score (nSPS) is 10.7. The number of nitro benzene ring substituents is 1. The molecule has 1 rings (SSSR count). The van der Waals surface area contributed by atoms with E-state index in [-0.39, 0.29) is 17.1 Å². The van der Waals surface area contributed by atoms with Crippen LogP contribution >= 0.6 is 0 Å². The van der Waals surface area contributed by atoms with Gasteiger partial charge in [-0.1, -0.05) is 0 Å². The number of anilines is 1. The summed E-state index contributed by atoms with van der Waals surface area (Å²) in [5, 5.41) is 13.3. The summed E-state index contributed by atoms with van der Waals surface area (Å²) in [5.41, 5.74) is -0.597. The number of rotatable bonds is 3. The molecule has 0 heterocycles. The summed E-state index contributed by atoms with van der Waals surface area (Å²) < 4.78 is 9.91. The van der Waals surface area contributed by atoms with Crippen LogP contribution in [0.1, 0.15) is 20.8 Å². The molecule has 0 spiro atoms. The first-order valence-electron chi connectivity index (χ1n) is 5.55. The Morgan fingerprint density at radius 2 is 2.00 bits per heavy atom. The summed E-state index contributed by atoms with van der Waals surface area (Å²) in [6, 6.07) is 4.11. The molecule has 0 unspecified atom stereocenters. The molecular weight excluding hydrogens is 252 g/mol. The molecule has 0 aliphatic heterocycles. The molecule has 1 N–H and O–H groups in total. The summed E-state index contributed by atoms with van der Waals surface area (Å²) >= 11 is 0. The van der Waals surface area contributed by atoms with Crippen LogP contribution in [0.25, 0.3) is 0 Å². The zero-order valence-electron chi connectivity index (χ0n) is 11.2. The lowest BCUT2D eigenvalue weighted by atomic mass is 10.2. The fraction of sp³-hybridized carbons (Fsp3) is 0.417. The zero-order chi connectivity index (χ0) is 14.6. The van der Waals surface area contributed by atoms with Crippen molar-refractivity contribution < 1.29 is 19.2 Å². The number of benzene rings is 1. The van der Waals surface area contributed by atoms with Gasteiger partial charge >= 0.3 is 11.8 Å². The lowest BCUT2D eigenvalue weighted by Gasteiger charge is -2.19. The van der Waals surface area contributed by atoms with Crippen molar-refractivity contribution >= 4 is 17.5 Å². The predicted octanol–water partition coefficient (Wildman–Crippen LogP) is 2.95. The maximum Gasteiger partial charge on any atom is 0.412 e. The molecule has 7 heteroatoms. The van der Waals surface area contributed by atoms with Crippen LogP contribution in [0.15, 0.2) is 18.2 Å². The highest BCUT2D eigenvalue weighted by atomic mass is 16.6. The predicted molar refractivity (Wildman–Crippen MR) is 69.5 cm³/mol. The Balaban J connectivity index is 2.88. The minimum atomic E-state index is -0.674. The highest BCUT2D eigenvalue weighted by molar-refractivity contribution is 5.85. The number of amides is 1. The molecule has 1 aromatic carbocycles. The van der Waals surface area contributed by atoms with Crippen molar-refractivity contribution in [2.75, 3.05) is 12.4 Å².